The van der Waals surface area contributed by atoms with Crippen LogP contribution in [0.3, 0.4) is 0 Å². The molecule has 4 nitrogen and oxygen atoms in total. The molecule has 2 aromatic rings. The summed E-state index contributed by atoms with van der Waals surface area (Å²) in [6.45, 7) is 4.66. The van der Waals surface area contributed by atoms with Gasteiger partial charge in [-0.15, -0.1) is 0 Å². The molecule has 4 heterocycles. The molecule has 0 N–H and O–H groups in total. The molecule has 0 unspecified atom stereocenters. The molecule has 3 atom stereocenters. The van der Waals surface area contributed by atoms with Gasteiger partial charge in [-0.2, -0.15) is 0 Å². The molecular formula is C22H26N4S. The van der Waals surface area contributed by atoms with Gasteiger partial charge in [-0.05, 0) is 49.1 Å². The molecule has 0 bridgehead atoms. The monoisotopic (exact) mass is 378 g/mol. The molecule has 140 valence electrons. The van der Waals surface area contributed by atoms with Crippen LogP contribution in [0.1, 0.15) is 49.5 Å². The molecule has 3 aliphatic heterocycles. The van der Waals surface area contributed by atoms with Gasteiger partial charge < -0.3 is 9.80 Å². The molecule has 1 aromatic carbocycles. The average Bonchev–Trinajstić information content (AvgIpc) is 3.45. The Morgan fingerprint density at radius 2 is 1.89 bits per heavy atom. The van der Waals surface area contributed by atoms with E-state index < -0.39 is 0 Å². The first kappa shape index (κ1) is 17.1. The largest absolute Gasteiger partial charge is 0.372 e. The van der Waals surface area contributed by atoms with E-state index in [2.05, 4.69) is 58.1 Å². The minimum absolute atomic E-state index is 0.0840. The first-order chi connectivity index (χ1) is 13.3. The quantitative estimate of drug-likeness (QED) is 0.774. The maximum Gasteiger partial charge on any atom is 0.160 e. The summed E-state index contributed by atoms with van der Waals surface area (Å²) in [6.07, 6.45) is 5.67. The van der Waals surface area contributed by atoms with Crippen molar-refractivity contribution in [2.45, 2.75) is 44.3 Å². The molecule has 0 saturated carbocycles. The van der Waals surface area contributed by atoms with Crippen LogP contribution in [-0.4, -0.2) is 39.9 Å². The van der Waals surface area contributed by atoms with E-state index in [0.29, 0.717) is 6.04 Å². The number of pyridine rings is 1. The number of benzene rings is 1. The van der Waals surface area contributed by atoms with Crippen molar-refractivity contribution >= 4 is 22.6 Å². The fourth-order valence-corrected chi connectivity index (χ4v) is 5.90. The van der Waals surface area contributed by atoms with Gasteiger partial charge in [-0.1, -0.05) is 36.9 Å². The van der Waals surface area contributed by atoms with E-state index >= 15 is 0 Å². The highest BCUT2D eigenvalue weighted by atomic mass is 32.2. The van der Waals surface area contributed by atoms with Gasteiger partial charge in [0.25, 0.3) is 0 Å². The summed E-state index contributed by atoms with van der Waals surface area (Å²) in [5.41, 5.74) is 3.78. The predicted octanol–water partition coefficient (Wildman–Crippen LogP) is 4.66. The van der Waals surface area contributed by atoms with E-state index in [0.717, 1.165) is 17.9 Å². The van der Waals surface area contributed by atoms with E-state index in [1.54, 1.807) is 0 Å². The Morgan fingerprint density at radius 1 is 1.07 bits per heavy atom. The molecule has 27 heavy (non-hydrogen) atoms. The van der Waals surface area contributed by atoms with E-state index in [4.69, 9.17) is 4.99 Å². The summed E-state index contributed by atoms with van der Waals surface area (Å²) in [5.74, 6) is 1.15. The first-order valence-electron chi connectivity index (χ1n) is 10.1. The number of aromatic nitrogens is 1. The van der Waals surface area contributed by atoms with Crippen molar-refractivity contribution in [1.82, 2.24) is 9.88 Å². The fraction of sp³-hybridized carbons (Fsp3) is 0.455. The van der Waals surface area contributed by atoms with E-state index in [1.807, 2.05) is 24.0 Å². The molecule has 1 aromatic heterocycles. The standard InChI is InChI=1S/C22H26N4S/c1-2-17-15-27-22-24-20(19-7-3-4-12-23-19)21(26(17)22)16-8-10-18(11-9-16)25-13-5-6-14-25/h3-4,7-12,17,20-21H,2,5-6,13-15H2,1H3/t17-,20-,21+/m0/s1. The van der Waals surface area contributed by atoms with Crippen LogP contribution in [0.25, 0.3) is 0 Å². The highest BCUT2D eigenvalue weighted by molar-refractivity contribution is 8.14. The van der Waals surface area contributed by atoms with Crippen LogP contribution in [0.5, 0.6) is 0 Å². The summed E-state index contributed by atoms with van der Waals surface area (Å²) < 4.78 is 0. The van der Waals surface area contributed by atoms with Gasteiger partial charge in [0.2, 0.25) is 0 Å². The molecule has 2 fully saturated rings. The van der Waals surface area contributed by atoms with Crippen molar-refractivity contribution in [2.24, 2.45) is 4.99 Å². The number of hydrogen-bond donors (Lipinski definition) is 0. The molecule has 0 aliphatic carbocycles. The van der Waals surface area contributed by atoms with E-state index in [-0.39, 0.29) is 12.1 Å². The Hall–Kier alpha value is -2.01. The molecule has 0 spiro atoms. The van der Waals surface area contributed by atoms with Crippen LogP contribution in [0, 0.1) is 0 Å². The zero-order chi connectivity index (χ0) is 18.2. The minimum Gasteiger partial charge on any atom is -0.372 e. The van der Waals surface area contributed by atoms with Crippen LogP contribution in [0.4, 0.5) is 5.69 Å². The number of rotatable bonds is 4. The van der Waals surface area contributed by atoms with Crippen molar-refractivity contribution < 1.29 is 0 Å². The van der Waals surface area contributed by atoms with Crippen molar-refractivity contribution in [3.63, 3.8) is 0 Å². The third-order valence-corrected chi connectivity index (χ3v) is 7.16. The lowest BCUT2D eigenvalue weighted by Crippen LogP contribution is -2.35. The van der Waals surface area contributed by atoms with Gasteiger partial charge in [0, 0.05) is 36.8 Å². The number of thioether (sulfide) groups is 1. The molecule has 2 saturated heterocycles. The van der Waals surface area contributed by atoms with E-state index in [9.17, 15) is 0 Å². The minimum atomic E-state index is 0.0840. The van der Waals surface area contributed by atoms with Crippen molar-refractivity contribution in [3.8, 4) is 0 Å². The lowest BCUT2D eigenvalue weighted by atomic mass is 9.95. The van der Waals surface area contributed by atoms with Gasteiger partial charge in [0.1, 0.15) is 6.04 Å². The maximum absolute atomic E-state index is 5.11. The van der Waals surface area contributed by atoms with Crippen molar-refractivity contribution in [3.05, 3.63) is 59.9 Å². The highest BCUT2D eigenvalue weighted by Crippen LogP contribution is 2.48. The summed E-state index contributed by atoms with van der Waals surface area (Å²) in [6, 6.07) is 16.3. The molecule has 0 amide bonds. The zero-order valence-corrected chi connectivity index (χ0v) is 16.6. The Bertz CT molecular complexity index is 814. The van der Waals surface area contributed by atoms with Gasteiger partial charge in [0.15, 0.2) is 5.17 Å². The van der Waals surface area contributed by atoms with Gasteiger partial charge in [0.05, 0.1) is 11.7 Å². The van der Waals surface area contributed by atoms with Gasteiger partial charge >= 0.3 is 0 Å². The second-order valence-corrected chi connectivity index (χ2v) is 8.61. The Kier molecular flexibility index (Phi) is 4.56. The molecular weight excluding hydrogens is 352 g/mol. The van der Waals surface area contributed by atoms with Crippen LogP contribution in [0.2, 0.25) is 0 Å². The summed E-state index contributed by atoms with van der Waals surface area (Å²) >= 11 is 1.91. The third kappa shape index (κ3) is 3.02. The Morgan fingerprint density at radius 3 is 2.59 bits per heavy atom. The number of nitrogens with zero attached hydrogens (tertiary/aromatic N) is 4. The number of amidine groups is 1. The van der Waals surface area contributed by atoms with Crippen LogP contribution in [-0.2, 0) is 0 Å². The first-order valence-corrected chi connectivity index (χ1v) is 11.1. The van der Waals surface area contributed by atoms with Gasteiger partial charge in [-0.25, -0.2) is 0 Å². The van der Waals surface area contributed by atoms with Crippen molar-refractivity contribution in [2.75, 3.05) is 23.7 Å². The molecule has 5 rings (SSSR count). The summed E-state index contributed by atoms with van der Waals surface area (Å²) in [5, 5.41) is 1.20. The average molecular weight is 379 g/mol. The molecule has 0 radical (unpaired) electrons. The SMILES string of the molecule is CC[C@H]1CSC2=N[C@@H](c3ccccn3)[C@@H](c3ccc(N4CCCC4)cc3)N21. The van der Waals surface area contributed by atoms with E-state index in [1.165, 1.54) is 42.3 Å². The smallest absolute Gasteiger partial charge is 0.160 e. The second-order valence-electron chi connectivity index (χ2n) is 7.62. The van der Waals surface area contributed by atoms with Crippen LogP contribution in [0.15, 0.2) is 53.7 Å². The summed E-state index contributed by atoms with van der Waals surface area (Å²) in [4.78, 5) is 14.8. The normalized spacial score (nSPS) is 27.1. The van der Waals surface area contributed by atoms with Crippen LogP contribution >= 0.6 is 11.8 Å². The third-order valence-electron chi connectivity index (χ3n) is 6.04. The number of hydrogen-bond acceptors (Lipinski definition) is 5. The second kappa shape index (κ2) is 7.19. The van der Waals surface area contributed by atoms with Gasteiger partial charge in [-0.3, -0.25) is 9.98 Å². The van der Waals surface area contributed by atoms with Crippen LogP contribution < -0.4 is 4.90 Å². The summed E-state index contributed by atoms with van der Waals surface area (Å²) in [7, 11) is 0. The Labute approximate surface area is 165 Å². The lowest BCUT2D eigenvalue weighted by Gasteiger charge is -2.32. The fourth-order valence-electron chi connectivity index (χ4n) is 4.57. The molecule has 3 aliphatic rings. The highest BCUT2D eigenvalue weighted by Gasteiger charge is 2.45. The Balaban J connectivity index is 1.50. The van der Waals surface area contributed by atoms with Crippen molar-refractivity contribution in [1.29, 1.82) is 0 Å². The zero-order valence-electron chi connectivity index (χ0n) is 15.8. The maximum atomic E-state index is 5.11. The number of anilines is 1. The number of fused-ring (bicyclic) bond motifs is 1. The lowest BCUT2D eigenvalue weighted by molar-refractivity contribution is 0.255. The number of aliphatic imine (C=N–C) groups is 1. The predicted molar refractivity (Wildman–Crippen MR) is 113 cm³/mol. The topological polar surface area (TPSA) is 31.7 Å². The molecule has 5 heteroatoms.